The maximum atomic E-state index is 9.17. The second-order valence-corrected chi connectivity index (χ2v) is 4.80. The largest absolute Gasteiger partial charge is 0.493 e. The number of rotatable bonds is 6. The van der Waals surface area contributed by atoms with Crippen LogP contribution in [-0.2, 0) is 6.61 Å². The first kappa shape index (κ1) is 15.4. The Kier molecular flexibility index (Phi) is 5.20. The van der Waals surface area contributed by atoms with E-state index in [0.717, 1.165) is 23.3 Å². The lowest BCUT2D eigenvalue weighted by molar-refractivity contribution is 0.280. The van der Waals surface area contributed by atoms with Crippen molar-refractivity contribution in [3.8, 4) is 17.2 Å². The lowest BCUT2D eigenvalue weighted by atomic mass is 10.0. The third-order valence-corrected chi connectivity index (χ3v) is 3.39. The summed E-state index contributed by atoms with van der Waals surface area (Å²) in [5.41, 5.74) is 7.86. The monoisotopic (exact) mass is 287 g/mol. The van der Waals surface area contributed by atoms with Gasteiger partial charge in [-0.1, -0.05) is 31.2 Å². The Labute approximate surface area is 125 Å². The molecule has 21 heavy (non-hydrogen) atoms. The standard InChI is InChI=1S/C17H21NO3/c1-3-14(18)13-6-4-5-7-15(13)21-16-9-8-12(11-19)10-17(16)20-2/h4-10,14,19H,3,11,18H2,1-2H3. The fourth-order valence-corrected chi connectivity index (χ4v) is 2.11. The maximum Gasteiger partial charge on any atom is 0.169 e. The molecular weight excluding hydrogens is 266 g/mol. The Morgan fingerprint density at radius 1 is 1.10 bits per heavy atom. The number of para-hydroxylation sites is 1. The molecule has 2 rings (SSSR count). The highest BCUT2D eigenvalue weighted by Gasteiger charge is 2.13. The zero-order chi connectivity index (χ0) is 15.2. The minimum Gasteiger partial charge on any atom is -0.493 e. The number of hydrogen-bond donors (Lipinski definition) is 2. The van der Waals surface area contributed by atoms with Crippen molar-refractivity contribution in [1.82, 2.24) is 0 Å². The van der Waals surface area contributed by atoms with E-state index >= 15 is 0 Å². The van der Waals surface area contributed by atoms with Crippen LogP contribution in [0.15, 0.2) is 42.5 Å². The molecule has 0 bridgehead atoms. The molecule has 2 aromatic rings. The molecule has 0 heterocycles. The van der Waals surface area contributed by atoms with Gasteiger partial charge in [0.15, 0.2) is 11.5 Å². The molecule has 4 nitrogen and oxygen atoms in total. The van der Waals surface area contributed by atoms with Gasteiger partial charge in [-0.05, 0) is 30.2 Å². The number of nitrogens with two attached hydrogens (primary N) is 1. The number of ether oxygens (including phenoxy) is 2. The van der Waals surface area contributed by atoms with Crippen LogP contribution in [0.5, 0.6) is 17.2 Å². The van der Waals surface area contributed by atoms with Crippen molar-refractivity contribution < 1.29 is 14.6 Å². The first-order valence-corrected chi connectivity index (χ1v) is 6.99. The van der Waals surface area contributed by atoms with Gasteiger partial charge in [-0.2, -0.15) is 0 Å². The molecular formula is C17H21NO3. The van der Waals surface area contributed by atoms with Crippen LogP contribution in [-0.4, -0.2) is 12.2 Å². The van der Waals surface area contributed by atoms with Crippen molar-refractivity contribution in [1.29, 1.82) is 0 Å². The summed E-state index contributed by atoms with van der Waals surface area (Å²) >= 11 is 0. The van der Waals surface area contributed by atoms with Gasteiger partial charge >= 0.3 is 0 Å². The van der Waals surface area contributed by atoms with Crippen molar-refractivity contribution in [2.75, 3.05) is 7.11 Å². The second kappa shape index (κ2) is 7.11. The van der Waals surface area contributed by atoms with E-state index in [1.165, 1.54) is 0 Å². The van der Waals surface area contributed by atoms with Gasteiger partial charge in [0.1, 0.15) is 5.75 Å². The van der Waals surface area contributed by atoms with Gasteiger partial charge in [0, 0.05) is 11.6 Å². The third kappa shape index (κ3) is 3.54. The van der Waals surface area contributed by atoms with Crippen LogP contribution >= 0.6 is 0 Å². The first-order chi connectivity index (χ1) is 10.2. The van der Waals surface area contributed by atoms with E-state index < -0.39 is 0 Å². The van der Waals surface area contributed by atoms with Gasteiger partial charge in [-0.3, -0.25) is 0 Å². The number of methoxy groups -OCH3 is 1. The van der Waals surface area contributed by atoms with E-state index in [-0.39, 0.29) is 12.6 Å². The summed E-state index contributed by atoms with van der Waals surface area (Å²) in [5.74, 6) is 1.91. The van der Waals surface area contributed by atoms with Crippen LogP contribution < -0.4 is 15.2 Å². The lowest BCUT2D eigenvalue weighted by Gasteiger charge is -2.17. The lowest BCUT2D eigenvalue weighted by Crippen LogP contribution is -2.09. The van der Waals surface area contributed by atoms with E-state index in [4.69, 9.17) is 15.2 Å². The van der Waals surface area contributed by atoms with Crippen LogP contribution in [0.25, 0.3) is 0 Å². The van der Waals surface area contributed by atoms with E-state index in [9.17, 15) is 5.11 Å². The number of hydrogen-bond acceptors (Lipinski definition) is 4. The highest BCUT2D eigenvalue weighted by molar-refractivity contribution is 5.47. The third-order valence-electron chi connectivity index (χ3n) is 3.39. The van der Waals surface area contributed by atoms with E-state index in [0.29, 0.717) is 11.5 Å². The highest BCUT2D eigenvalue weighted by Crippen LogP contribution is 2.35. The van der Waals surface area contributed by atoms with Crippen LogP contribution in [0.2, 0.25) is 0 Å². The molecule has 0 aliphatic heterocycles. The van der Waals surface area contributed by atoms with E-state index in [1.807, 2.05) is 31.2 Å². The molecule has 0 aromatic heterocycles. The van der Waals surface area contributed by atoms with Gasteiger partial charge in [0.05, 0.1) is 13.7 Å². The molecule has 112 valence electrons. The molecule has 0 amide bonds. The molecule has 0 radical (unpaired) electrons. The average molecular weight is 287 g/mol. The Bertz CT molecular complexity index is 598. The normalized spacial score (nSPS) is 12.0. The second-order valence-electron chi connectivity index (χ2n) is 4.80. The van der Waals surface area contributed by atoms with E-state index in [1.54, 1.807) is 25.3 Å². The van der Waals surface area contributed by atoms with Gasteiger partial charge in [0.2, 0.25) is 0 Å². The summed E-state index contributed by atoms with van der Waals surface area (Å²) < 4.78 is 11.3. The molecule has 4 heteroatoms. The van der Waals surface area contributed by atoms with Gasteiger partial charge < -0.3 is 20.3 Å². The highest BCUT2D eigenvalue weighted by atomic mass is 16.5. The smallest absolute Gasteiger partial charge is 0.169 e. The minimum absolute atomic E-state index is 0.0338. The molecule has 1 atom stereocenters. The summed E-state index contributed by atoms with van der Waals surface area (Å²) in [6.45, 7) is 2.01. The molecule has 0 aliphatic carbocycles. The van der Waals surface area contributed by atoms with Gasteiger partial charge in [0.25, 0.3) is 0 Å². The predicted octanol–water partition coefficient (Wildman–Crippen LogP) is 3.39. The fourth-order valence-electron chi connectivity index (χ4n) is 2.11. The Morgan fingerprint density at radius 3 is 2.52 bits per heavy atom. The fraction of sp³-hybridized carbons (Fsp3) is 0.294. The van der Waals surface area contributed by atoms with Crippen LogP contribution in [0.4, 0.5) is 0 Å². The Morgan fingerprint density at radius 2 is 1.86 bits per heavy atom. The quantitative estimate of drug-likeness (QED) is 0.854. The zero-order valence-electron chi connectivity index (χ0n) is 12.4. The molecule has 0 saturated heterocycles. The van der Waals surface area contributed by atoms with Crippen LogP contribution in [0.3, 0.4) is 0 Å². The van der Waals surface area contributed by atoms with Crippen molar-refractivity contribution >= 4 is 0 Å². The maximum absolute atomic E-state index is 9.17. The number of aliphatic hydroxyl groups is 1. The SMILES string of the molecule is CCC(N)c1ccccc1Oc1ccc(CO)cc1OC. The van der Waals surface area contributed by atoms with Gasteiger partial charge in [-0.25, -0.2) is 0 Å². The van der Waals surface area contributed by atoms with Crippen molar-refractivity contribution in [2.45, 2.75) is 26.0 Å². The molecule has 0 fully saturated rings. The molecule has 0 spiro atoms. The average Bonchev–Trinajstić information content (AvgIpc) is 2.55. The van der Waals surface area contributed by atoms with Crippen molar-refractivity contribution in [3.05, 3.63) is 53.6 Å². The molecule has 1 unspecified atom stereocenters. The predicted molar refractivity (Wildman–Crippen MR) is 82.7 cm³/mol. The molecule has 3 N–H and O–H groups in total. The first-order valence-electron chi connectivity index (χ1n) is 6.99. The number of aliphatic hydroxyl groups excluding tert-OH is 1. The van der Waals surface area contributed by atoms with Gasteiger partial charge in [-0.15, -0.1) is 0 Å². The summed E-state index contributed by atoms with van der Waals surface area (Å²) in [6, 6.07) is 13.0. The van der Waals surface area contributed by atoms with Crippen molar-refractivity contribution in [3.63, 3.8) is 0 Å². The molecule has 0 aliphatic rings. The van der Waals surface area contributed by atoms with Crippen molar-refractivity contribution in [2.24, 2.45) is 5.73 Å². The zero-order valence-corrected chi connectivity index (χ0v) is 12.4. The van der Waals surface area contributed by atoms with E-state index in [2.05, 4.69) is 0 Å². The molecule has 0 saturated carbocycles. The summed E-state index contributed by atoms with van der Waals surface area (Å²) in [5, 5.41) is 9.17. The molecule has 2 aromatic carbocycles. The minimum atomic E-state index is -0.0658. The summed E-state index contributed by atoms with van der Waals surface area (Å²) in [7, 11) is 1.58. The Balaban J connectivity index is 2.34. The van der Waals surface area contributed by atoms with Crippen LogP contribution in [0.1, 0.15) is 30.5 Å². The van der Waals surface area contributed by atoms with Crippen LogP contribution in [0, 0.1) is 0 Å². The number of benzene rings is 2. The topological polar surface area (TPSA) is 64.7 Å². The summed E-state index contributed by atoms with van der Waals surface area (Å²) in [6.07, 6.45) is 0.834. The summed E-state index contributed by atoms with van der Waals surface area (Å²) in [4.78, 5) is 0. The Hall–Kier alpha value is -2.04.